The summed E-state index contributed by atoms with van der Waals surface area (Å²) in [6.07, 6.45) is 5.08. The van der Waals surface area contributed by atoms with Gasteiger partial charge in [-0.1, -0.05) is 0 Å². The van der Waals surface area contributed by atoms with E-state index < -0.39 is 10.0 Å². The van der Waals surface area contributed by atoms with E-state index in [2.05, 4.69) is 26.6 Å². The smallest absolute Gasteiger partial charge is 0.209 e. The highest BCUT2D eigenvalue weighted by Gasteiger charge is 2.26. The van der Waals surface area contributed by atoms with Crippen LogP contribution in [0.25, 0.3) is 0 Å². The highest BCUT2D eigenvalue weighted by molar-refractivity contribution is 7.88. The molecule has 1 N–H and O–H groups in total. The van der Waals surface area contributed by atoms with Gasteiger partial charge in [-0.3, -0.25) is 4.90 Å². The zero-order valence-electron chi connectivity index (χ0n) is 11.5. The molecule has 106 valence electrons. The number of likely N-dealkylation sites (tertiary alicyclic amines) is 1. The minimum atomic E-state index is -3.21. The standard InChI is InChI=1S/C12H20N4O2S/c1-9-13-7-10(8-14-19(3,17)18)12(15-9)11-5-4-6-16(11)2/h7,11,14H,4-6,8H2,1-3H3. The Morgan fingerprint density at radius 3 is 2.84 bits per heavy atom. The molecule has 7 heteroatoms. The minimum Gasteiger partial charge on any atom is -0.298 e. The molecule has 0 radical (unpaired) electrons. The van der Waals surface area contributed by atoms with Gasteiger partial charge in [0.2, 0.25) is 10.0 Å². The highest BCUT2D eigenvalue weighted by Crippen LogP contribution is 2.30. The van der Waals surface area contributed by atoms with E-state index in [1.165, 1.54) is 0 Å². The third-order valence-electron chi connectivity index (χ3n) is 3.38. The van der Waals surface area contributed by atoms with Crippen LogP contribution in [0.15, 0.2) is 6.20 Å². The monoisotopic (exact) mass is 284 g/mol. The lowest BCUT2D eigenvalue weighted by Crippen LogP contribution is -2.25. The van der Waals surface area contributed by atoms with Crippen LogP contribution in [0, 0.1) is 6.92 Å². The summed E-state index contributed by atoms with van der Waals surface area (Å²) in [4.78, 5) is 10.9. The first-order valence-electron chi connectivity index (χ1n) is 6.34. The van der Waals surface area contributed by atoms with Crippen LogP contribution in [-0.2, 0) is 16.6 Å². The Kier molecular flexibility index (Phi) is 4.17. The first-order valence-corrected chi connectivity index (χ1v) is 8.23. The van der Waals surface area contributed by atoms with E-state index in [4.69, 9.17) is 0 Å². The summed E-state index contributed by atoms with van der Waals surface area (Å²) in [5.74, 6) is 0.721. The second-order valence-electron chi connectivity index (χ2n) is 5.06. The third kappa shape index (κ3) is 3.71. The summed E-state index contributed by atoms with van der Waals surface area (Å²) in [5.41, 5.74) is 1.80. The molecule has 19 heavy (non-hydrogen) atoms. The Balaban J connectivity index is 2.27. The van der Waals surface area contributed by atoms with Crippen molar-refractivity contribution >= 4 is 10.0 Å². The molecule has 1 aromatic rings. The van der Waals surface area contributed by atoms with Gasteiger partial charge in [0.25, 0.3) is 0 Å². The molecule has 1 unspecified atom stereocenters. The van der Waals surface area contributed by atoms with E-state index >= 15 is 0 Å². The van der Waals surface area contributed by atoms with E-state index in [0.29, 0.717) is 0 Å². The Morgan fingerprint density at radius 2 is 2.26 bits per heavy atom. The van der Waals surface area contributed by atoms with Crippen LogP contribution >= 0.6 is 0 Å². The summed E-state index contributed by atoms with van der Waals surface area (Å²) in [6.45, 7) is 3.15. The van der Waals surface area contributed by atoms with E-state index in [9.17, 15) is 8.42 Å². The van der Waals surface area contributed by atoms with Crippen molar-refractivity contribution in [3.05, 3.63) is 23.3 Å². The summed E-state index contributed by atoms with van der Waals surface area (Å²) in [5, 5.41) is 0. The number of sulfonamides is 1. The van der Waals surface area contributed by atoms with Gasteiger partial charge in [0.05, 0.1) is 18.0 Å². The molecule has 0 amide bonds. The van der Waals surface area contributed by atoms with Gasteiger partial charge in [-0.15, -0.1) is 0 Å². The molecule has 0 saturated carbocycles. The van der Waals surface area contributed by atoms with Gasteiger partial charge >= 0.3 is 0 Å². The second kappa shape index (κ2) is 5.52. The zero-order valence-corrected chi connectivity index (χ0v) is 12.4. The Morgan fingerprint density at radius 1 is 1.53 bits per heavy atom. The van der Waals surface area contributed by atoms with Crippen LogP contribution in [0.4, 0.5) is 0 Å². The largest absolute Gasteiger partial charge is 0.298 e. The molecule has 0 aromatic carbocycles. The van der Waals surface area contributed by atoms with Crippen molar-refractivity contribution in [1.82, 2.24) is 19.6 Å². The van der Waals surface area contributed by atoms with Crippen LogP contribution in [0.2, 0.25) is 0 Å². The predicted molar refractivity (Wildman–Crippen MR) is 73.1 cm³/mol. The summed E-state index contributed by atoms with van der Waals surface area (Å²) < 4.78 is 24.9. The molecule has 1 aliphatic heterocycles. The fourth-order valence-corrected chi connectivity index (χ4v) is 2.82. The summed E-state index contributed by atoms with van der Waals surface area (Å²) >= 11 is 0. The fourth-order valence-electron chi connectivity index (χ4n) is 2.40. The molecule has 0 aliphatic carbocycles. The third-order valence-corrected chi connectivity index (χ3v) is 4.05. The Bertz CT molecular complexity index is 559. The topological polar surface area (TPSA) is 75.2 Å². The van der Waals surface area contributed by atoms with Gasteiger partial charge in [0.1, 0.15) is 5.82 Å². The molecular weight excluding hydrogens is 264 g/mol. The maximum atomic E-state index is 11.2. The maximum Gasteiger partial charge on any atom is 0.209 e. The molecule has 2 heterocycles. The fraction of sp³-hybridized carbons (Fsp3) is 0.667. The van der Waals surface area contributed by atoms with Crippen molar-refractivity contribution in [1.29, 1.82) is 0 Å². The number of hydrogen-bond donors (Lipinski definition) is 1. The first-order chi connectivity index (χ1) is 8.87. The zero-order chi connectivity index (χ0) is 14.0. The molecule has 1 fully saturated rings. The number of hydrogen-bond acceptors (Lipinski definition) is 5. The van der Waals surface area contributed by atoms with Gasteiger partial charge in [-0.25, -0.2) is 23.1 Å². The summed E-state index contributed by atoms with van der Waals surface area (Å²) in [7, 11) is -1.13. The van der Waals surface area contributed by atoms with Gasteiger partial charge in [-0.2, -0.15) is 0 Å². The van der Waals surface area contributed by atoms with Crippen molar-refractivity contribution in [3.8, 4) is 0 Å². The molecule has 6 nitrogen and oxygen atoms in total. The molecule has 0 bridgehead atoms. The van der Waals surface area contributed by atoms with E-state index in [1.54, 1.807) is 6.20 Å². The molecular formula is C12H20N4O2S. The number of nitrogens with one attached hydrogen (secondary N) is 1. The lowest BCUT2D eigenvalue weighted by molar-refractivity contribution is 0.309. The van der Waals surface area contributed by atoms with Crippen molar-refractivity contribution in [2.75, 3.05) is 19.8 Å². The van der Waals surface area contributed by atoms with Crippen molar-refractivity contribution in [3.63, 3.8) is 0 Å². The lowest BCUT2D eigenvalue weighted by atomic mass is 10.1. The highest BCUT2D eigenvalue weighted by atomic mass is 32.2. The number of aryl methyl sites for hydroxylation is 1. The van der Waals surface area contributed by atoms with E-state index in [1.807, 2.05) is 6.92 Å². The predicted octanol–water partition coefficient (Wildman–Crippen LogP) is 0.601. The van der Waals surface area contributed by atoms with Crippen LogP contribution in [-0.4, -0.2) is 43.1 Å². The van der Waals surface area contributed by atoms with Crippen LogP contribution < -0.4 is 4.72 Å². The molecule has 0 spiro atoms. The number of aromatic nitrogens is 2. The molecule has 2 rings (SSSR count). The SMILES string of the molecule is Cc1ncc(CNS(C)(=O)=O)c(C2CCCN2C)n1. The van der Waals surface area contributed by atoms with E-state index in [0.717, 1.165) is 42.7 Å². The van der Waals surface area contributed by atoms with Gasteiger partial charge < -0.3 is 0 Å². The van der Waals surface area contributed by atoms with Gasteiger partial charge in [-0.05, 0) is 33.4 Å². The maximum absolute atomic E-state index is 11.2. The first kappa shape index (κ1) is 14.4. The van der Waals surface area contributed by atoms with Crippen molar-refractivity contribution in [2.24, 2.45) is 0 Å². The van der Waals surface area contributed by atoms with Gasteiger partial charge in [0, 0.05) is 18.3 Å². The lowest BCUT2D eigenvalue weighted by Gasteiger charge is -2.21. The van der Waals surface area contributed by atoms with Crippen molar-refractivity contribution < 1.29 is 8.42 Å². The minimum absolute atomic E-state index is 0.249. The average molecular weight is 284 g/mol. The quantitative estimate of drug-likeness (QED) is 0.876. The Labute approximate surface area is 114 Å². The summed E-state index contributed by atoms with van der Waals surface area (Å²) in [6, 6.07) is 0.262. The van der Waals surface area contributed by atoms with Crippen molar-refractivity contribution in [2.45, 2.75) is 32.4 Å². The number of rotatable bonds is 4. The van der Waals surface area contributed by atoms with E-state index in [-0.39, 0.29) is 12.6 Å². The van der Waals surface area contributed by atoms with Crippen LogP contribution in [0.5, 0.6) is 0 Å². The normalized spacial score (nSPS) is 20.9. The molecule has 1 saturated heterocycles. The van der Waals surface area contributed by atoms with Gasteiger partial charge in [0.15, 0.2) is 0 Å². The Hall–Kier alpha value is -1.05. The second-order valence-corrected chi connectivity index (χ2v) is 6.89. The molecule has 1 aliphatic rings. The van der Waals surface area contributed by atoms with Crippen LogP contribution in [0.3, 0.4) is 0 Å². The van der Waals surface area contributed by atoms with Crippen LogP contribution in [0.1, 0.15) is 36.0 Å². The molecule has 1 atom stereocenters. The number of nitrogens with zero attached hydrogens (tertiary/aromatic N) is 3. The molecule has 1 aromatic heterocycles. The average Bonchev–Trinajstić information content (AvgIpc) is 2.72.